The highest BCUT2D eigenvalue weighted by atomic mass is 32.2. The Morgan fingerprint density at radius 1 is 1.09 bits per heavy atom. The zero-order valence-corrected chi connectivity index (χ0v) is 21.2. The number of halogens is 2. The second-order valence-electron chi connectivity index (χ2n) is 9.88. The van der Waals surface area contributed by atoms with Gasteiger partial charge in [-0.05, 0) is 58.0 Å². The fraction of sp³-hybridized carbons (Fsp3) is 0.500. The normalized spacial score (nSPS) is 19.7. The summed E-state index contributed by atoms with van der Waals surface area (Å²) in [4.78, 5) is 15.0. The number of benzene rings is 2. The van der Waals surface area contributed by atoms with E-state index in [0.717, 1.165) is 6.07 Å². The van der Waals surface area contributed by atoms with Crippen LogP contribution in [-0.2, 0) is 14.6 Å². The molecule has 0 saturated carbocycles. The Morgan fingerprint density at radius 3 is 2.29 bits per heavy atom. The number of carbonyl (C=O) groups is 1. The summed E-state index contributed by atoms with van der Waals surface area (Å²) in [6, 6.07) is 8.07. The number of sulfone groups is 1. The van der Waals surface area contributed by atoms with Crippen molar-refractivity contribution in [1.29, 1.82) is 0 Å². The van der Waals surface area contributed by atoms with E-state index in [-0.39, 0.29) is 22.7 Å². The molecule has 4 rings (SSSR count). The van der Waals surface area contributed by atoms with Gasteiger partial charge in [0.2, 0.25) is 0 Å². The summed E-state index contributed by atoms with van der Waals surface area (Å²) >= 11 is 0. The Hall–Kier alpha value is -2.52. The van der Waals surface area contributed by atoms with Gasteiger partial charge in [0, 0.05) is 49.5 Å². The average molecular weight is 508 g/mol. The SMILES string of the molecule is CC(C)O[C@@H]1CC2(CCN(C(=O)c3ccc(S(=O)(=O)C(C)C)cc3)CC2)Oc2c(F)cc(F)cc21. The highest BCUT2D eigenvalue weighted by molar-refractivity contribution is 7.92. The maximum atomic E-state index is 14.6. The number of fused-ring (bicyclic) bond motifs is 1. The van der Waals surface area contributed by atoms with Crippen molar-refractivity contribution < 1.29 is 31.5 Å². The van der Waals surface area contributed by atoms with Gasteiger partial charge >= 0.3 is 0 Å². The standard InChI is InChI=1S/C26H31F2NO5S/c1-16(2)33-23-15-26(34-24-21(23)13-19(27)14-22(24)28)9-11-29(12-10-26)25(30)18-5-7-20(8-6-18)35(31,32)17(3)4/h5-8,13-14,16-17,23H,9-12,15H2,1-4H3/t23-/m1/s1. The summed E-state index contributed by atoms with van der Waals surface area (Å²) in [6.45, 7) is 7.74. The van der Waals surface area contributed by atoms with Crippen LogP contribution >= 0.6 is 0 Å². The number of hydrogen-bond donors (Lipinski definition) is 0. The van der Waals surface area contributed by atoms with Gasteiger partial charge in [-0.15, -0.1) is 0 Å². The van der Waals surface area contributed by atoms with Gasteiger partial charge in [-0.1, -0.05) is 0 Å². The highest BCUT2D eigenvalue weighted by Gasteiger charge is 2.46. The number of piperidine rings is 1. The Bertz CT molecular complexity index is 1200. The van der Waals surface area contributed by atoms with Crippen LogP contribution < -0.4 is 4.74 Å². The lowest BCUT2D eigenvalue weighted by Gasteiger charge is -2.47. The van der Waals surface area contributed by atoms with Crippen LogP contribution in [0.25, 0.3) is 0 Å². The van der Waals surface area contributed by atoms with E-state index < -0.39 is 38.4 Å². The molecule has 2 heterocycles. The third-order valence-corrected chi connectivity index (χ3v) is 8.88. The Morgan fingerprint density at radius 2 is 1.71 bits per heavy atom. The van der Waals surface area contributed by atoms with Gasteiger partial charge in [0.15, 0.2) is 21.4 Å². The van der Waals surface area contributed by atoms with Crippen molar-refractivity contribution in [2.24, 2.45) is 0 Å². The van der Waals surface area contributed by atoms with Crippen LogP contribution in [0, 0.1) is 11.6 Å². The van der Waals surface area contributed by atoms with Crippen molar-refractivity contribution in [3.05, 3.63) is 59.2 Å². The number of nitrogens with zero attached hydrogens (tertiary/aromatic N) is 1. The quantitative estimate of drug-likeness (QED) is 0.565. The van der Waals surface area contributed by atoms with Gasteiger partial charge in [0.05, 0.1) is 22.4 Å². The summed E-state index contributed by atoms with van der Waals surface area (Å²) < 4.78 is 65.4. The lowest BCUT2D eigenvalue weighted by molar-refractivity contribution is -0.0891. The molecule has 190 valence electrons. The van der Waals surface area contributed by atoms with Gasteiger partial charge in [-0.25, -0.2) is 17.2 Å². The molecular weight excluding hydrogens is 476 g/mol. The van der Waals surface area contributed by atoms with E-state index in [2.05, 4.69) is 0 Å². The lowest BCUT2D eigenvalue weighted by atomic mass is 9.81. The van der Waals surface area contributed by atoms with E-state index >= 15 is 0 Å². The van der Waals surface area contributed by atoms with Crippen molar-refractivity contribution in [3.63, 3.8) is 0 Å². The van der Waals surface area contributed by atoms with Crippen LogP contribution in [-0.4, -0.2) is 49.3 Å². The molecule has 0 aliphatic carbocycles. The molecule has 0 bridgehead atoms. The third kappa shape index (κ3) is 5.07. The van der Waals surface area contributed by atoms with Crippen LogP contribution in [0.15, 0.2) is 41.3 Å². The monoisotopic (exact) mass is 507 g/mol. The second-order valence-corrected chi connectivity index (χ2v) is 12.4. The van der Waals surface area contributed by atoms with Crippen LogP contribution in [0.5, 0.6) is 5.75 Å². The van der Waals surface area contributed by atoms with Crippen molar-refractivity contribution in [3.8, 4) is 5.75 Å². The molecule has 1 spiro atoms. The first-order valence-corrected chi connectivity index (χ1v) is 13.4. The fourth-order valence-corrected chi connectivity index (χ4v) is 5.81. The smallest absolute Gasteiger partial charge is 0.253 e. The van der Waals surface area contributed by atoms with Crippen LogP contribution in [0.3, 0.4) is 0 Å². The summed E-state index contributed by atoms with van der Waals surface area (Å²) in [5, 5.41) is -0.548. The van der Waals surface area contributed by atoms with E-state index in [1.165, 1.54) is 30.3 Å². The first-order chi connectivity index (χ1) is 16.4. The van der Waals surface area contributed by atoms with Crippen molar-refractivity contribution in [2.45, 2.75) is 74.9 Å². The molecule has 1 fully saturated rings. The molecule has 1 saturated heterocycles. The van der Waals surface area contributed by atoms with E-state index in [0.29, 0.717) is 43.5 Å². The molecule has 0 aromatic heterocycles. The molecule has 1 atom stereocenters. The molecule has 35 heavy (non-hydrogen) atoms. The van der Waals surface area contributed by atoms with E-state index in [1.807, 2.05) is 13.8 Å². The highest BCUT2D eigenvalue weighted by Crippen LogP contribution is 2.47. The van der Waals surface area contributed by atoms with Crippen LogP contribution in [0.1, 0.15) is 69.0 Å². The predicted molar refractivity (Wildman–Crippen MR) is 127 cm³/mol. The Labute approximate surface area is 205 Å². The zero-order chi connectivity index (χ0) is 25.5. The maximum Gasteiger partial charge on any atom is 0.253 e. The fourth-order valence-electron chi connectivity index (χ4n) is 4.75. The molecule has 1 amide bonds. The van der Waals surface area contributed by atoms with Crippen molar-refractivity contribution in [1.82, 2.24) is 4.90 Å². The van der Waals surface area contributed by atoms with Gasteiger partial charge in [-0.2, -0.15) is 0 Å². The first kappa shape index (κ1) is 25.6. The largest absolute Gasteiger partial charge is 0.484 e. The molecule has 0 radical (unpaired) electrons. The van der Waals surface area contributed by atoms with Crippen molar-refractivity contribution in [2.75, 3.05) is 13.1 Å². The molecule has 2 aromatic carbocycles. The zero-order valence-electron chi connectivity index (χ0n) is 20.4. The van der Waals surface area contributed by atoms with E-state index in [1.54, 1.807) is 18.7 Å². The molecule has 0 unspecified atom stereocenters. The summed E-state index contributed by atoms with van der Waals surface area (Å²) in [6.07, 6.45) is 0.713. The van der Waals surface area contributed by atoms with Crippen LogP contribution in [0.4, 0.5) is 8.78 Å². The minimum atomic E-state index is -3.42. The maximum absolute atomic E-state index is 14.6. The lowest BCUT2D eigenvalue weighted by Crippen LogP contribution is -2.52. The Balaban J connectivity index is 1.50. The molecule has 2 aliphatic heterocycles. The number of carbonyl (C=O) groups excluding carboxylic acids is 1. The van der Waals surface area contributed by atoms with E-state index in [4.69, 9.17) is 9.47 Å². The van der Waals surface area contributed by atoms with E-state index in [9.17, 15) is 22.0 Å². The van der Waals surface area contributed by atoms with Gasteiger partial charge < -0.3 is 14.4 Å². The number of likely N-dealkylation sites (tertiary alicyclic amines) is 1. The summed E-state index contributed by atoms with van der Waals surface area (Å²) in [7, 11) is -3.42. The molecular formula is C26H31F2NO5S. The van der Waals surface area contributed by atoms with Crippen LogP contribution in [0.2, 0.25) is 0 Å². The topological polar surface area (TPSA) is 72.9 Å². The predicted octanol–water partition coefficient (Wildman–Crippen LogP) is 5.07. The number of rotatable bonds is 5. The Kier molecular flexibility index (Phi) is 6.94. The van der Waals surface area contributed by atoms with Crippen molar-refractivity contribution >= 4 is 15.7 Å². The summed E-state index contributed by atoms with van der Waals surface area (Å²) in [5.74, 6) is -1.62. The van der Waals surface area contributed by atoms with Gasteiger partial charge in [-0.3, -0.25) is 4.79 Å². The molecule has 2 aliphatic rings. The third-order valence-electron chi connectivity index (χ3n) is 6.71. The minimum absolute atomic E-state index is 0.0185. The average Bonchev–Trinajstić information content (AvgIpc) is 2.80. The summed E-state index contributed by atoms with van der Waals surface area (Å²) in [5.41, 5.74) is 0.0508. The number of hydrogen-bond acceptors (Lipinski definition) is 5. The number of ether oxygens (including phenoxy) is 2. The molecule has 2 aromatic rings. The molecule has 6 nitrogen and oxygen atoms in total. The minimum Gasteiger partial charge on any atom is -0.484 e. The second kappa shape index (κ2) is 9.50. The van der Waals surface area contributed by atoms with Gasteiger partial charge in [0.25, 0.3) is 5.91 Å². The molecule has 9 heteroatoms. The molecule has 0 N–H and O–H groups in total. The van der Waals surface area contributed by atoms with Gasteiger partial charge in [0.1, 0.15) is 11.4 Å². The first-order valence-electron chi connectivity index (χ1n) is 11.9. The number of amides is 1.